The van der Waals surface area contributed by atoms with Crippen molar-refractivity contribution in [3.05, 3.63) is 41.7 Å². The molecule has 0 atom stereocenters. The third kappa shape index (κ3) is 3.23. The van der Waals surface area contributed by atoms with Crippen LogP contribution in [-0.4, -0.2) is 46.2 Å². The molecular weight excluding hydrogens is 316 g/mol. The number of morpholine rings is 1. The van der Waals surface area contributed by atoms with Gasteiger partial charge in [-0.2, -0.15) is 9.97 Å². The average Bonchev–Trinajstić information content (AvgIpc) is 2.64. The first-order valence-corrected chi connectivity index (χ1v) is 8.36. The summed E-state index contributed by atoms with van der Waals surface area (Å²) in [5.41, 5.74) is 4.64. The molecule has 4 rings (SSSR count). The molecule has 0 aliphatic carbocycles. The van der Waals surface area contributed by atoms with Gasteiger partial charge in [-0.3, -0.25) is 0 Å². The monoisotopic (exact) mass is 336 g/mol. The smallest absolute Gasteiger partial charge is 0.229 e. The number of anilines is 3. The van der Waals surface area contributed by atoms with E-state index in [1.165, 1.54) is 5.56 Å². The maximum absolute atomic E-state index is 5.42. The van der Waals surface area contributed by atoms with Gasteiger partial charge in [0.25, 0.3) is 0 Å². The molecule has 0 bridgehead atoms. The predicted molar refractivity (Wildman–Crippen MR) is 97.4 cm³/mol. The molecule has 0 saturated carbocycles. The van der Waals surface area contributed by atoms with E-state index in [4.69, 9.17) is 9.72 Å². The summed E-state index contributed by atoms with van der Waals surface area (Å²) in [5, 5.41) is 3.41. The molecule has 128 valence electrons. The molecule has 1 aliphatic rings. The number of ether oxygens (including phenoxy) is 1. The summed E-state index contributed by atoms with van der Waals surface area (Å²) in [6, 6.07) is 6.27. The first kappa shape index (κ1) is 15.7. The number of aryl methyl sites for hydroxylation is 2. The number of benzene rings is 1. The molecular formula is C18H20N6O. The van der Waals surface area contributed by atoms with Crippen LogP contribution in [0.25, 0.3) is 11.2 Å². The van der Waals surface area contributed by atoms with Crippen molar-refractivity contribution in [3.63, 3.8) is 0 Å². The minimum absolute atomic E-state index is 0.589. The van der Waals surface area contributed by atoms with Crippen molar-refractivity contribution in [3.8, 4) is 0 Å². The molecule has 3 heterocycles. The fourth-order valence-electron chi connectivity index (χ4n) is 2.93. The van der Waals surface area contributed by atoms with Crippen LogP contribution in [-0.2, 0) is 4.74 Å². The highest BCUT2D eigenvalue weighted by molar-refractivity contribution is 5.86. The largest absolute Gasteiger partial charge is 0.378 e. The third-order valence-corrected chi connectivity index (χ3v) is 4.25. The van der Waals surface area contributed by atoms with E-state index in [9.17, 15) is 0 Å². The molecule has 0 spiro atoms. The Morgan fingerprint density at radius 1 is 1.04 bits per heavy atom. The van der Waals surface area contributed by atoms with E-state index < -0.39 is 0 Å². The van der Waals surface area contributed by atoms with Crippen molar-refractivity contribution < 1.29 is 4.74 Å². The molecule has 2 aromatic heterocycles. The summed E-state index contributed by atoms with van der Waals surface area (Å²) in [5.74, 6) is 1.33. The average molecular weight is 336 g/mol. The van der Waals surface area contributed by atoms with Crippen LogP contribution < -0.4 is 10.2 Å². The van der Waals surface area contributed by atoms with Crippen molar-refractivity contribution in [2.45, 2.75) is 13.8 Å². The van der Waals surface area contributed by atoms with Gasteiger partial charge in [-0.05, 0) is 25.5 Å². The van der Waals surface area contributed by atoms with Crippen LogP contribution >= 0.6 is 0 Å². The zero-order chi connectivity index (χ0) is 17.2. The molecule has 0 amide bonds. The number of hydrogen-bond donors (Lipinski definition) is 1. The number of fused-ring (bicyclic) bond motifs is 1. The highest BCUT2D eigenvalue weighted by Crippen LogP contribution is 2.26. The normalized spacial score (nSPS) is 14.7. The van der Waals surface area contributed by atoms with E-state index in [1.54, 1.807) is 12.4 Å². The SMILES string of the molecule is Cc1ccc(Nc2nc(N3CCOCC3)nc3nccnc23)c(C)c1. The van der Waals surface area contributed by atoms with Crippen molar-refractivity contribution in [2.24, 2.45) is 0 Å². The number of nitrogens with one attached hydrogen (secondary N) is 1. The molecule has 7 nitrogen and oxygen atoms in total. The number of aromatic nitrogens is 4. The molecule has 1 aliphatic heterocycles. The van der Waals surface area contributed by atoms with Crippen LogP contribution in [0.2, 0.25) is 0 Å². The molecule has 0 radical (unpaired) electrons. The van der Waals surface area contributed by atoms with Crippen molar-refractivity contribution in [1.29, 1.82) is 0 Å². The Balaban J connectivity index is 1.77. The van der Waals surface area contributed by atoms with Gasteiger partial charge in [0.15, 0.2) is 17.0 Å². The quantitative estimate of drug-likeness (QED) is 0.788. The van der Waals surface area contributed by atoms with E-state index in [1.807, 2.05) is 0 Å². The zero-order valence-corrected chi connectivity index (χ0v) is 14.4. The van der Waals surface area contributed by atoms with Gasteiger partial charge in [0.05, 0.1) is 13.2 Å². The van der Waals surface area contributed by atoms with Gasteiger partial charge in [-0.15, -0.1) is 0 Å². The van der Waals surface area contributed by atoms with Gasteiger partial charge in [-0.1, -0.05) is 17.7 Å². The highest BCUT2D eigenvalue weighted by atomic mass is 16.5. The molecule has 7 heteroatoms. The maximum atomic E-state index is 5.42. The molecule has 3 aromatic rings. The lowest BCUT2D eigenvalue weighted by Crippen LogP contribution is -2.37. The Morgan fingerprint density at radius 2 is 1.84 bits per heavy atom. The van der Waals surface area contributed by atoms with E-state index in [0.717, 1.165) is 24.3 Å². The Bertz CT molecular complexity index is 907. The van der Waals surface area contributed by atoms with Gasteiger partial charge in [-0.25, -0.2) is 9.97 Å². The Labute approximate surface area is 146 Å². The Hall–Kier alpha value is -2.80. The van der Waals surface area contributed by atoms with Crippen LogP contribution in [0, 0.1) is 13.8 Å². The number of nitrogens with zero attached hydrogens (tertiary/aromatic N) is 5. The van der Waals surface area contributed by atoms with E-state index in [2.05, 4.69) is 57.2 Å². The molecule has 1 N–H and O–H groups in total. The second kappa shape index (κ2) is 6.60. The van der Waals surface area contributed by atoms with Gasteiger partial charge in [0.1, 0.15) is 0 Å². The van der Waals surface area contributed by atoms with Crippen molar-refractivity contribution in [1.82, 2.24) is 19.9 Å². The third-order valence-electron chi connectivity index (χ3n) is 4.25. The topological polar surface area (TPSA) is 76.1 Å². The van der Waals surface area contributed by atoms with Gasteiger partial charge < -0.3 is 15.0 Å². The molecule has 1 fully saturated rings. The lowest BCUT2D eigenvalue weighted by Gasteiger charge is -2.27. The standard InChI is InChI=1S/C18H20N6O/c1-12-3-4-14(13(2)11-12)21-17-15-16(20-6-5-19-15)22-18(23-17)24-7-9-25-10-8-24/h3-6,11H,7-10H2,1-2H3,(H,20,21,22,23). The minimum atomic E-state index is 0.589. The predicted octanol–water partition coefficient (Wildman–Crippen LogP) is 2.62. The molecule has 0 unspecified atom stereocenters. The number of hydrogen-bond acceptors (Lipinski definition) is 7. The lowest BCUT2D eigenvalue weighted by atomic mass is 10.1. The molecule has 1 saturated heterocycles. The Morgan fingerprint density at radius 3 is 2.64 bits per heavy atom. The minimum Gasteiger partial charge on any atom is -0.378 e. The van der Waals surface area contributed by atoms with Gasteiger partial charge in [0, 0.05) is 31.2 Å². The molecule has 1 aromatic carbocycles. The van der Waals surface area contributed by atoms with Crippen molar-refractivity contribution >= 4 is 28.6 Å². The summed E-state index contributed by atoms with van der Waals surface area (Å²) in [4.78, 5) is 20.2. The van der Waals surface area contributed by atoms with Crippen LogP contribution in [0.3, 0.4) is 0 Å². The summed E-state index contributed by atoms with van der Waals surface area (Å²) >= 11 is 0. The fraction of sp³-hybridized carbons (Fsp3) is 0.333. The second-order valence-electron chi connectivity index (χ2n) is 6.14. The van der Waals surface area contributed by atoms with Gasteiger partial charge in [0.2, 0.25) is 5.95 Å². The lowest BCUT2D eigenvalue weighted by molar-refractivity contribution is 0.122. The van der Waals surface area contributed by atoms with E-state index in [0.29, 0.717) is 36.1 Å². The second-order valence-corrected chi connectivity index (χ2v) is 6.14. The summed E-state index contributed by atoms with van der Waals surface area (Å²) in [6.07, 6.45) is 3.31. The maximum Gasteiger partial charge on any atom is 0.229 e. The number of rotatable bonds is 3. The first-order valence-electron chi connectivity index (χ1n) is 8.36. The first-order chi connectivity index (χ1) is 12.2. The van der Waals surface area contributed by atoms with E-state index in [-0.39, 0.29) is 0 Å². The highest BCUT2D eigenvalue weighted by Gasteiger charge is 2.18. The zero-order valence-electron chi connectivity index (χ0n) is 14.4. The van der Waals surface area contributed by atoms with Crippen molar-refractivity contribution in [2.75, 3.05) is 36.5 Å². The summed E-state index contributed by atoms with van der Waals surface area (Å²) < 4.78 is 5.42. The molecule has 25 heavy (non-hydrogen) atoms. The van der Waals surface area contributed by atoms with Crippen LogP contribution in [0.5, 0.6) is 0 Å². The summed E-state index contributed by atoms with van der Waals surface area (Å²) in [6.45, 7) is 7.07. The van der Waals surface area contributed by atoms with Crippen LogP contribution in [0.1, 0.15) is 11.1 Å². The fourth-order valence-corrected chi connectivity index (χ4v) is 2.93. The van der Waals surface area contributed by atoms with Crippen LogP contribution in [0.15, 0.2) is 30.6 Å². The Kier molecular flexibility index (Phi) is 4.15. The van der Waals surface area contributed by atoms with Crippen LogP contribution in [0.4, 0.5) is 17.5 Å². The summed E-state index contributed by atoms with van der Waals surface area (Å²) in [7, 11) is 0. The van der Waals surface area contributed by atoms with E-state index >= 15 is 0 Å². The van der Waals surface area contributed by atoms with Gasteiger partial charge >= 0.3 is 0 Å².